The number of hydrogen-bond donors (Lipinski definition) is 1. The number of benzene rings is 1. The second kappa shape index (κ2) is 4.48. The second-order valence-electron chi connectivity index (χ2n) is 4.93. The third kappa shape index (κ3) is 1.90. The minimum Gasteiger partial charge on any atom is -0.459 e. The summed E-state index contributed by atoms with van der Waals surface area (Å²) in [4.78, 5) is 11.2. The van der Waals surface area contributed by atoms with Crippen molar-refractivity contribution in [3.63, 3.8) is 0 Å². The molecule has 1 aliphatic rings. The second-order valence-corrected chi connectivity index (χ2v) is 4.93. The van der Waals surface area contributed by atoms with Crippen molar-refractivity contribution < 1.29 is 9.21 Å². The van der Waals surface area contributed by atoms with Gasteiger partial charge in [-0.15, -0.1) is 0 Å². The number of aryl methyl sites for hydroxylation is 2. The number of furan rings is 1. The summed E-state index contributed by atoms with van der Waals surface area (Å²) in [6, 6.07) is 5.97. The van der Waals surface area contributed by atoms with Gasteiger partial charge >= 0.3 is 0 Å². The largest absolute Gasteiger partial charge is 0.459 e. The van der Waals surface area contributed by atoms with Gasteiger partial charge in [-0.25, -0.2) is 0 Å². The number of fused-ring (bicyclic) bond motifs is 3. The molecule has 94 valence electrons. The van der Waals surface area contributed by atoms with Crippen LogP contribution in [0.2, 0.25) is 0 Å². The predicted molar refractivity (Wildman–Crippen MR) is 71.8 cm³/mol. The summed E-state index contributed by atoms with van der Waals surface area (Å²) < 4.78 is 5.99. The van der Waals surface area contributed by atoms with Crippen molar-refractivity contribution >= 4 is 22.6 Å². The topological polar surface area (TPSA) is 42.2 Å². The number of carbonyl (C=O) groups excluding carboxylic acids is 1. The lowest BCUT2D eigenvalue weighted by Gasteiger charge is -2.02. The summed E-state index contributed by atoms with van der Waals surface area (Å²) in [5.74, 6) is 1.05. The van der Waals surface area contributed by atoms with E-state index in [1.165, 1.54) is 31.7 Å². The molecule has 0 unspecified atom stereocenters. The fourth-order valence-corrected chi connectivity index (χ4v) is 2.75. The minimum atomic E-state index is -0.0610. The van der Waals surface area contributed by atoms with Crippen LogP contribution in [0.3, 0.4) is 0 Å². The van der Waals surface area contributed by atoms with Gasteiger partial charge in [0.25, 0.3) is 0 Å². The van der Waals surface area contributed by atoms with E-state index in [9.17, 15) is 4.79 Å². The number of para-hydroxylation sites is 1. The van der Waals surface area contributed by atoms with E-state index in [1.54, 1.807) is 0 Å². The zero-order valence-corrected chi connectivity index (χ0v) is 10.6. The molecule has 3 rings (SSSR count). The van der Waals surface area contributed by atoms with Gasteiger partial charge in [-0.1, -0.05) is 18.6 Å². The molecule has 1 aromatic carbocycles. The Kier molecular flexibility index (Phi) is 2.82. The first-order chi connectivity index (χ1) is 8.75. The summed E-state index contributed by atoms with van der Waals surface area (Å²) in [5, 5.41) is 4.00. The van der Waals surface area contributed by atoms with Gasteiger partial charge in [-0.3, -0.25) is 4.79 Å². The van der Waals surface area contributed by atoms with Crippen LogP contribution in [-0.2, 0) is 17.6 Å². The highest BCUT2D eigenvalue weighted by molar-refractivity contribution is 6.00. The molecule has 0 bridgehead atoms. The molecule has 0 fully saturated rings. The zero-order chi connectivity index (χ0) is 12.5. The molecule has 0 saturated heterocycles. The molecule has 0 atom stereocenters. The summed E-state index contributed by atoms with van der Waals surface area (Å²) >= 11 is 0. The van der Waals surface area contributed by atoms with Crippen molar-refractivity contribution in [2.45, 2.75) is 39.0 Å². The van der Waals surface area contributed by atoms with Crippen LogP contribution in [-0.4, -0.2) is 5.91 Å². The monoisotopic (exact) mass is 243 g/mol. The van der Waals surface area contributed by atoms with E-state index in [0.29, 0.717) is 0 Å². The third-order valence-corrected chi connectivity index (χ3v) is 3.54. The molecule has 1 amide bonds. The highest BCUT2D eigenvalue weighted by Crippen LogP contribution is 2.34. The number of nitrogens with one attached hydrogen (secondary N) is 1. The molecular weight excluding hydrogens is 226 g/mol. The van der Waals surface area contributed by atoms with Gasteiger partial charge in [0.05, 0.1) is 5.69 Å². The summed E-state index contributed by atoms with van der Waals surface area (Å²) in [6.07, 6.45) is 5.81. The number of hydrogen-bond acceptors (Lipinski definition) is 2. The summed E-state index contributed by atoms with van der Waals surface area (Å²) in [5.41, 5.74) is 2.96. The van der Waals surface area contributed by atoms with E-state index in [1.807, 2.05) is 12.1 Å². The molecular formula is C15H17NO2. The van der Waals surface area contributed by atoms with Crippen LogP contribution in [0.5, 0.6) is 0 Å². The average molecular weight is 243 g/mol. The fourth-order valence-electron chi connectivity index (χ4n) is 2.75. The molecule has 18 heavy (non-hydrogen) atoms. The van der Waals surface area contributed by atoms with E-state index in [-0.39, 0.29) is 5.91 Å². The van der Waals surface area contributed by atoms with E-state index in [0.717, 1.165) is 35.3 Å². The SMILES string of the molecule is CC(=O)Nc1cccc2c3c(oc12)CCCCC3. The minimum absolute atomic E-state index is 0.0610. The summed E-state index contributed by atoms with van der Waals surface area (Å²) in [7, 11) is 0. The number of carbonyl (C=O) groups is 1. The molecule has 0 radical (unpaired) electrons. The number of rotatable bonds is 1. The van der Waals surface area contributed by atoms with Crippen molar-refractivity contribution in [1.82, 2.24) is 0 Å². The van der Waals surface area contributed by atoms with E-state index < -0.39 is 0 Å². The van der Waals surface area contributed by atoms with Gasteiger partial charge in [-0.05, 0) is 25.3 Å². The lowest BCUT2D eigenvalue weighted by atomic mass is 10.1. The molecule has 1 aromatic heterocycles. The molecule has 0 saturated carbocycles. The molecule has 0 aliphatic heterocycles. The first-order valence-electron chi connectivity index (χ1n) is 6.56. The molecule has 1 N–H and O–H groups in total. The van der Waals surface area contributed by atoms with Crippen LogP contribution >= 0.6 is 0 Å². The van der Waals surface area contributed by atoms with Crippen LogP contribution in [0.25, 0.3) is 11.0 Å². The molecule has 3 nitrogen and oxygen atoms in total. The van der Waals surface area contributed by atoms with Crippen LogP contribution in [0, 0.1) is 0 Å². The van der Waals surface area contributed by atoms with Gasteiger partial charge in [-0.2, -0.15) is 0 Å². The lowest BCUT2D eigenvalue weighted by Crippen LogP contribution is -2.05. The van der Waals surface area contributed by atoms with E-state index in [4.69, 9.17) is 4.42 Å². The van der Waals surface area contributed by atoms with Gasteiger partial charge < -0.3 is 9.73 Å². The molecule has 0 spiro atoms. The van der Waals surface area contributed by atoms with Crippen LogP contribution < -0.4 is 5.32 Å². The van der Waals surface area contributed by atoms with Gasteiger partial charge in [0.1, 0.15) is 5.76 Å². The first-order valence-corrected chi connectivity index (χ1v) is 6.56. The van der Waals surface area contributed by atoms with E-state index in [2.05, 4.69) is 11.4 Å². The maximum Gasteiger partial charge on any atom is 0.221 e. The van der Waals surface area contributed by atoms with Gasteiger partial charge in [0.15, 0.2) is 5.58 Å². The lowest BCUT2D eigenvalue weighted by molar-refractivity contribution is -0.114. The van der Waals surface area contributed by atoms with Crippen molar-refractivity contribution in [1.29, 1.82) is 0 Å². The predicted octanol–water partition coefficient (Wildman–Crippen LogP) is 3.66. The Morgan fingerprint density at radius 3 is 2.89 bits per heavy atom. The highest BCUT2D eigenvalue weighted by atomic mass is 16.3. The Bertz CT molecular complexity index is 598. The molecule has 1 heterocycles. The smallest absolute Gasteiger partial charge is 0.221 e. The van der Waals surface area contributed by atoms with Crippen molar-refractivity contribution in [2.24, 2.45) is 0 Å². The first kappa shape index (κ1) is 11.3. The van der Waals surface area contributed by atoms with Crippen molar-refractivity contribution in [2.75, 3.05) is 5.32 Å². The van der Waals surface area contributed by atoms with Crippen molar-refractivity contribution in [3.05, 3.63) is 29.5 Å². The Morgan fingerprint density at radius 2 is 2.06 bits per heavy atom. The van der Waals surface area contributed by atoms with Crippen molar-refractivity contribution in [3.8, 4) is 0 Å². The Balaban J connectivity index is 2.15. The van der Waals surface area contributed by atoms with Gasteiger partial charge in [0, 0.05) is 24.3 Å². The highest BCUT2D eigenvalue weighted by Gasteiger charge is 2.18. The van der Waals surface area contributed by atoms with Crippen LogP contribution in [0.4, 0.5) is 5.69 Å². The van der Waals surface area contributed by atoms with Gasteiger partial charge in [0.2, 0.25) is 5.91 Å². The Hall–Kier alpha value is -1.77. The molecule has 2 aromatic rings. The summed E-state index contributed by atoms with van der Waals surface area (Å²) in [6.45, 7) is 1.52. The van der Waals surface area contributed by atoms with Crippen LogP contribution in [0.15, 0.2) is 22.6 Å². The fraction of sp³-hybridized carbons (Fsp3) is 0.400. The maximum absolute atomic E-state index is 11.2. The Labute approximate surface area is 106 Å². The standard InChI is InChI=1S/C15H17NO2/c1-10(17)16-13-8-5-7-12-11-6-3-2-4-9-14(11)18-15(12)13/h5,7-8H,2-4,6,9H2,1H3,(H,16,17). The number of anilines is 1. The molecule has 3 heteroatoms. The van der Waals surface area contributed by atoms with E-state index >= 15 is 0 Å². The average Bonchev–Trinajstić information content (AvgIpc) is 2.54. The molecule has 1 aliphatic carbocycles. The number of amides is 1. The Morgan fingerprint density at radius 1 is 1.22 bits per heavy atom. The van der Waals surface area contributed by atoms with Crippen LogP contribution in [0.1, 0.15) is 37.5 Å². The maximum atomic E-state index is 11.2. The third-order valence-electron chi connectivity index (χ3n) is 3.54. The quantitative estimate of drug-likeness (QED) is 0.777. The zero-order valence-electron chi connectivity index (χ0n) is 10.6. The normalized spacial score (nSPS) is 15.2.